The third-order valence-corrected chi connectivity index (χ3v) is 6.23. The fraction of sp³-hybridized carbons (Fsp3) is 0.185. The molecule has 1 aliphatic rings. The number of nitrogens with zero attached hydrogens (tertiary/aromatic N) is 5. The first-order chi connectivity index (χ1) is 17.2. The van der Waals surface area contributed by atoms with Crippen molar-refractivity contribution < 1.29 is 4.92 Å². The van der Waals surface area contributed by atoms with E-state index in [0.29, 0.717) is 18.9 Å². The summed E-state index contributed by atoms with van der Waals surface area (Å²) in [6.07, 6.45) is 1.39. The van der Waals surface area contributed by atoms with Crippen LogP contribution in [0.5, 0.6) is 0 Å². The van der Waals surface area contributed by atoms with Gasteiger partial charge >= 0.3 is 5.69 Å². The first-order valence-corrected chi connectivity index (χ1v) is 11.6. The number of piperazine rings is 1. The van der Waals surface area contributed by atoms with Crippen molar-refractivity contribution in [2.24, 2.45) is 0 Å². The monoisotopic (exact) mass is 466 g/mol. The van der Waals surface area contributed by atoms with Crippen molar-refractivity contribution in [3.63, 3.8) is 0 Å². The Balaban J connectivity index is 1.39. The van der Waals surface area contributed by atoms with Crippen molar-refractivity contribution in [2.45, 2.75) is 6.04 Å². The quantitative estimate of drug-likeness (QED) is 0.302. The highest BCUT2D eigenvalue weighted by molar-refractivity contribution is 5.74. The minimum atomic E-state index is -0.399. The number of nitrogens with one attached hydrogen (secondary N) is 1. The van der Waals surface area contributed by atoms with Crippen LogP contribution < -0.4 is 10.2 Å². The Bertz CT molecular complexity index is 1220. The van der Waals surface area contributed by atoms with Gasteiger partial charge in [0.25, 0.3) is 0 Å². The van der Waals surface area contributed by atoms with Gasteiger partial charge in [0.05, 0.1) is 11.0 Å². The Kier molecular flexibility index (Phi) is 6.63. The molecule has 0 radical (unpaired) electrons. The molecule has 0 aliphatic carbocycles. The van der Waals surface area contributed by atoms with Crippen LogP contribution in [0.25, 0.3) is 0 Å². The first-order valence-electron chi connectivity index (χ1n) is 11.6. The third-order valence-electron chi connectivity index (χ3n) is 6.23. The molecule has 1 aromatic heterocycles. The highest BCUT2D eigenvalue weighted by Crippen LogP contribution is 2.35. The van der Waals surface area contributed by atoms with E-state index in [4.69, 9.17) is 0 Å². The molecule has 4 aromatic rings. The molecule has 3 aromatic carbocycles. The molecule has 1 saturated heterocycles. The molecular weight excluding hydrogens is 440 g/mol. The maximum atomic E-state index is 12.1. The van der Waals surface area contributed by atoms with Gasteiger partial charge in [-0.1, -0.05) is 78.9 Å². The zero-order chi connectivity index (χ0) is 24.0. The minimum absolute atomic E-state index is 0.104. The van der Waals surface area contributed by atoms with Crippen molar-refractivity contribution in [3.8, 4) is 0 Å². The fourth-order valence-electron chi connectivity index (χ4n) is 4.60. The summed E-state index contributed by atoms with van der Waals surface area (Å²) >= 11 is 0. The van der Waals surface area contributed by atoms with E-state index in [1.165, 1.54) is 17.5 Å². The lowest BCUT2D eigenvalue weighted by Crippen LogP contribution is -2.48. The van der Waals surface area contributed by atoms with Crippen LogP contribution in [0.3, 0.4) is 0 Å². The largest absolute Gasteiger partial charge is 0.353 e. The Morgan fingerprint density at radius 1 is 0.771 bits per heavy atom. The van der Waals surface area contributed by atoms with Gasteiger partial charge in [-0.15, -0.1) is 0 Å². The normalized spacial score (nSPS) is 14.1. The molecule has 1 aliphatic heterocycles. The molecule has 8 nitrogen and oxygen atoms in total. The maximum absolute atomic E-state index is 12.1. The topological polar surface area (TPSA) is 87.4 Å². The van der Waals surface area contributed by atoms with Crippen LogP contribution in [0.4, 0.5) is 23.0 Å². The molecular formula is C27H26N6O2. The Morgan fingerprint density at radius 3 is 1.86 bits per heavy atom. The van der Waals surface area contributed by atoms with Crippen LogP contribution in [-0.4, -0.2) is 46.0 Å². The summed E-state index contributed by atoms with van der Waals surface area (Å²) < 4.78 is 0. The van der Waals surface area contributed by atoms with E-state index >= 15 is 0 Å². The number of hydrogen-bond acceptors (Lipinski definition) is 7. The smallest absolute Gasteiger partial charge is 0.348 e. The Hall–Kier alpha value is -4.30. The Morgan fingerprint density at radius 2 is 1.31 bits per heavy atom. The van der Waals surface area contributed by atoms with Gasteiger partial charge in [0.1, 0.15) is 6.33 Å². The van der Waals surface area contributed by atoms with E-state index in [1.807, 2.05) is 47.4 Å². The summed E-state index contributed by atoms with van der Waals surface area (Å²) in [5, 5.41) is 15.1. The van der Waals surface area contributed by atoms with Crippen molar-refractivity contribution in [1.82, 2.24) is 14.9 Å². The number of nitro groups is 1. The number of anilines is 3. The molecule has 0 amide bonds. The Labute approximate surface area is 204 Å². The van der Waals surface area contributed by atoms with Crippen LogP contribution in [0, 0.1) is 10.1 Å². The molecule has 176 valence electrons. The first kappa shape index (κ1) is 22.5. The lowest BCUT2D eigenvalue weighted by atomic mass is 9.96. The van der Waals surface area contributed by atoms with Gasteiger partial charge < -0.3 is 10.2 Å². The summed E-state index contributed by atoms with van der Waals surface area (Å²) in [5.74, 6) is 0.541. The van der Waals surface area contributed by atoms with Crippen LogP contribution in [0.15, 0.2) is 97.3 Å². The van der Waals surface area contributed by atoms with Crippen molar-refractivity contribution in [3.05, 3.63) is 119 Å². The SMILES string of the molecule is O=[N+]([O-])c1c(Nc2ccccc2)ncnc1N1CCN(C(c2ccccc2)c2ccccc2)CC1. The van der Waals surface area contributed by atoms with E-state index in [0.717, 1.165) is 18.8 Å². The molecule has 1 N–H and O–H groups in total. The molecule has 2 heterocycles. The zero-order valence-electron chi connectivity index (χ0n) is 19.2. The van der Waals surface area contributed by atoms with Crippen molar-refractivity contribution >= 4 is 23.0 Å². The van der Waals surface area contributed by atoms with Gasteiger partial charge in [-0.3, -0.25) is 15.0 Å². The molecule has 5 rings (SSSR count). The highest BCUT2D eigenvalue weighted by atomic mass is 16.6. The molecule has 1 fully saturated rings. The standard InChI is InChI=1S/C27H26N6O2/c34-33(35)25-26(30-23-14-8-3-9-15-23)28-20-29-27(25)32-18-16-31(17-19-32)24(21-10-4-1-5-11-21)22-12-6-2-7-13-22/h1-15,20,24H,16-19H2,(H,28,29,30). The predicted octanol–water partition coefficient (Wildman–Crippen LogP) is 5.04. The number of benzene rings is 3. The average molecular weight is 467 g/mol. The molecule has 0 atom stereocenters. The van der Waals surface area contributed by atoms with Crippen LogP contribution in [0.1, 0.15) is 17.2 Å². The fourth-order valence-corrected chi connectivity index (χ4v) is 4.60. The zero-order valence-corrected chi connectivity index (χ0v) is 19.2. The van der Waals surface area contributed by atoms with Crippen molar-refractivity contribution in [2.75, 3.05) is 36.4 Å². The predicted molar refractivity (Wildman–Crippen MR) is 137 cm³/mol. The third kappa shape index (κ3) is 4.97. The summed E-state index contributed by atoms with van der Waals surface area (Å²) in [6, 6.07) is 30.4. The minimum Gasteiger partial charge on any atom is -0.348 e. The second kappa shape index (κ2) is 10.3. The van der Waals surface area contributed by atoms with E-state index in [1.54, 1.807) is 0 Å². The average Bonchev–Trinajstić information content (AvgIpc) is 2.91. The van der Waals surface area contributed by atoms with E-state index < -0.39 is 4.92 Å². The van der Waals surface area contributed by atoms with E-state index in [2.05, 4.69) is 68.7 Å². The summed E-state index contributed by atoms with van der Waals surface area (Å²) in [4.78, 5) is 24.6. The van der Waals surface area contributed by atoms with E-state index in [-0.39, 0.29) is 17.5 Å². The summed E-state index contributed by atoms with van der Waals surface area (Å²) in [6.45, 7) is 2.74. The van der Waals surface area contributed by atoms with Gasteiger partial charge in [0.15, 0.2) is 0 Å². The second-order valence-corrected chi connectivity index (χ2v) is 8.39. The van der Waals surface area contributed by atoms with Gasteiger partial charge in [0.2, 0.25) is 11.6 Å². The maximum Gasteiger partial charge on any atom is 0.353 e. The molecule has 0 saturated carbocycles. The van der Waals surface area contributed by atoms with E-state index in [9.17, 15) is 10.1 Å². The number of hydrogen-bond donors (Lipinski definition) is 1. The summed E-state index contributed by atoms with van der Waals surface area (Å²) in [7, 11) is 0. The van der Waals surface area contributed by atoms with Gasteiger partial charge in [-0.05, 0) is 23.3 Å². The molecule has 0 spiro atoms. The lowest BCUT2D eigenvalue weighted by molar-refractivity contribution is -0.383. The van der Waals surface area contributed by atoms with Crippen LogP contribution >= 0.6 is 0 Å². The molecule has 0 bridgehead atoms. The van der Waals surface area contributed by atoms with Gasteiger partial charge in [-0.2, -0.15) is 0 Å². The van der Waals surface area contributed by atoms with Crippen LogP contribution in [-0.2, 0) is 0 Å². The van der Waals surface area contributed by atoms with Gasteiger partial charge in [-0.25, -0.2) is 9.97 Å². The molecule has 8 heteroatoms. The van der Waals surface area contributed by atoms with Gasteiger partial charge in [0, 0.05) is 31.9 Å². The second-order valence-electron chi connectivity index (χ2n) is 8.39. The van der Waals surface area contributed by atoms with Crippen LogP contribution in [0.2, 0.25) is 0 Å². The number of aromatic nitrogens is 2. The lowest BCUT2D eigenvalue weighted by Gasteiger charge is -2.40. The summed E-state index contributed by atoms with van der Waals surface area (Å²) in [5.41, 5.74) is 3.09. The molecule has 35 heavy (non-hydrogen) atoms. The van der Waals surface area contributed by atoms with Crippen molar-refractivity contribution in [1.29, 1.82) is 0 Å². The highest BCUT2D eigenvalue weighted by Gasteiger charge is 2.32. The number of para-hydroxylation sites is 1. The number of rotatable bonds is 7. The molecule has 0 unspecified atom stereocenters.